The number of rotatable bonds is 15. The Bertz CT molecular complexity index is 836. The molecule has 2 aromatic rings. The second kappa shape index (κ2) is 15.2. The maximum absolute atomic E-state index is 12.8. The van der Waals surface area contributed by atoms with Crippen molar-refractivity contribution in [3.63, 3.8) is 0 Å². The number of unbranched alkanes of at least 4 members (excludes halogenated alkanes) is 9. The fourth-order valence-electron chi connectivity index (χ4n) is 3.66. The predicted octanol–water partition coefficient (Wildman–Crippen LogP) is 8.94. The van der Waals surface area contributed by atoms with Gasteiger partial charge < -0.3 is 9.47 Å². The molecule has 0 atom stereocenters. The summed E-state index contributed by atoms with van der Waals surface area (Å²) in [6.45, 7) is 5.11. The van der Waals surface area contributed by atoms with E-state index in [-0.39, 0.29) is 5.97 Å². The fourth-order valence-corrected chi connectivity index (χ4v) is 4.04. The van der Waals surface area contributed by atoms with E-state index in [4.69, 9.17) is 32.7 Å². The van der Waals surface area contributed by atoms with Crippen molar-refractivity contribution in [2.24, 2.45) is 0 Å². The first-order valence-electron chi connectivity index (χ1n) is 11.9. The van der Waals surface area contributed by atoms with Gasteiger partial charge in [-0.1, -0.05) is 87.9 Å². The number of hydrogen-bond acceptors (Lipinski definition) is 3. The quantitative estimate of drug-likeness (QED) is 0.189. The second-order valence-corrected chi connectivity index (χ2v) is 8.82. The number of hydrogen-bond donors (Lipinski definition) is 0. The van der Waals surface area contributed by atoms with Crippen LogP contribution in [0, 0.1) is 6.07 Å². The number of ether oxygens (including phenoxy) is 2. The largest absolute Gasteiger partial charge is 0.494 e. The maximum atomic E-state index is 12.8. The zero-order chi connectivity index (χ0) is 23.2. The van der Waals surface area contributed by atoms with Gasteiger partial charge in [0.1, 0.15) is 5.75 Å². The summed E-state index contributed by atoms with van der Waals surface area (Å²) >= 11 is 12.6. The van der Waals surface area contributed by atoms with Crippen molar-refractivity contribution in [2.75, 3.05) is 13.2 Å². The van der Waals surface area contributed by atoms with E-state index in [2.05, 4.69) is 13.0 Å². The molecule has 0 unspecified atom stereocenters. The number of carbonyl (C=O) groups excluding carboxylic acids is 1. The molecule has 32 heavy (non-hydrogen) atoms. The summed E-state index contributed by atoms with van der Waals surface area (Å²) in [7, 11) is 0. The van der Waals surface area contributed by atoms with Crippen molar-refractivity contribution in [1.82, 2.24) is 0 Å². The van der Waals surface area contributed by atoms with Gasteiger partial charge in [-0.05, 0) is 49.2 Å². The summed E-state index contributed by atoms with van der Waals surface area (Å²) < 4.78 is 11.1. The van der Waals surface area contributed by atoms with Crippen LogP contribution in [0.4, 0.5) is 0 Å². The van der Waals surface area contributed by atoms with Gasteiger partial charge in [0.25, 0.3) is 0 Å². The Labute approximate surface area is 203 Å². The van der Waals surface area contributed by atoms with Gasteiger partial charge in [0, 0.05) is 21.7 Å². The molecule has 5 heteroatoms. The van der Waals surface area contributed by atoms with Crippen LogP contribution < -0.4 is 4.74 Å². The van der Waals surface area contributed by atoms with Crippen LogP contribution in [0.2, 0.25) is 10.0 Å². The van der Waals surface area contributed by atoms with Gasteiger partial charge in [0.2, 0.25) is 0 Å². The number of carbonyl (C=O) groups is 1. The SMILES string of the molecule is CCCCCCCCCCCCOC(=O)c1c[c]c(Cl)cc1-c1cc(OCC)ccc1Cl. The molecule has 0 fully saturated rings. The number of benzene rings is 2. The molecule has 0 aliphatic rings. The van der Waals surface area contributed by atoms with E-state index in [9.17, 15) is 4.79 Å². The van der Waals surface area contributed by atoms with E-state index < -0.39 is 0 Å². The Morgan fingerprint density at radius 1 is 0.875 bits per heavy atom. The van der Waals surface area contributed by atoms with Gasteiger partial charge >= 0.3 is 5.97 Å². The topological polar surface area (TPSA) is 35.5 Å². The van der Waals surface area contributed by atoms with Crippen LogP contribution in [0.5, 0.6) is 5.75 Å². The predicted molar refractivity (Wildman–Crippen MR) is 134 cm³/mol. The molecule has 2 rings (SSSR count). The molecular weight excluding hydrogens is 443 g/mol. The minimum atomic E-state index is -0.387. The van der Waals surface area contributed by atoms with E-state index in [0.717, 1.165) is 12.8 Å². The Balaban J connectivity index is 1.86. The second-order valence-electron chi connectivity index (χ2n) is 8.00. The minimum Gasteiger partial charge on any atom is -0.494 e. The third kappa shape index (κ3) is 9.03. The molecular formula is C27H35Cl2O3. The Morgan fingerprint density at radius 3 is 2.19 bits per heavy atom. The van der Waals surface area contributed by atoms with Gasteiger partial charge in [0.05, 0.1) is 18.8 Å². The number of halogens is 2. The summed E-state index contributed by atoms with van der Waals surface area (Å²) in [5.74, 6) is 0.294. The number of esters is 1. The van der Waals surface area contributed by atoms with Crippen LogP contribution in [0.25, 0.3) is 11.1 Å². The third-order valence-electron chi connectivity index (χ3n) is 5.41. The van der Waals surface area contributed by atoms with Crippen molar-refractivity contribution >= 4 is 29.2 Å². The van der Waals surface area contributed by atoms with Crippen molar-refractivity contribution < 1.29 is 14.3 Å². The van der Waals surface area contributed by atoms with Gasteiger partial charge in [-0.15, -0.1) is 0 Å². The zero-order valence-electron chi connectivity index (χ0n) is 19.4. The molecule has 2 aromatic carbocycles. The molecule has 1 radical (unpaired) electrons. The lowest BCUT2D eigenvalue weighted by atomic mass is 9.99. The lowest BCUT2D eigenvalue weighted by Crippen LogP contribution is -2.08. The molecule has 3 nitrogen and oxygen atoms in total. The Morgan fingerprint density at radius 2 is 1.53 bits per heavy atom. The molecule has 0 N–H and O–H groups in total. The van der Waals surface area contributed by atoms with Crippen LogP contribution in [-0.4, -0.2) is 19.2 Å². The summed E-state index contributed by atoms with van der Waals surface area (Å²) in [4.78, 5) is 12.8. The van der Waals surface area contributed by atoms with Gasteiger partial charge in [-0.3, -0.25) is 0 Å². The molecule has 0 heterocycles. The highest BCUT2D eigenvalue weighted by molar-refractivity contribution is 6.34. The van der Waals surface area contributed by atoms with E-state index in [0.29, 0.717) is 45.7 Å². The molecule has 0 amide bonds. The molecule has 0 saturated carbocycles. The highest BCUT2D eigenvalue weighted by Crippen LogP contribution is 2.35. The first-order chi connectivity index (χ1) is 15.6. The monoisotopic (exact) mass is 477 g/mol. The minimum absolute atomic E-state index is 0.387. The summed E-state index contributed by atoms with van der Waals surface area (Å²) in [5.41, 5.74) is 1.70. The fraction of sp³-hybridized carbons (Fsp3) is 0.519. The van der Waals surface area contributed by atoms with Crippen molar-refractivity contribution in [3.8, 4) is 16.9 Å². The molecule has 175 valence electrons. The van der Waals surface area contributed by atoms with Crippen molar-refractivity contribution in [3.05, 3.63) is 52.0 Å². The third-order valence-corrected chi connectivity index (χ3v) is 5.95. The molecule has 0 aliphatic heterocycles. The molecule has 0 spiro atoms. The average molecular weight is 478 g/mol. The van der Waals surface area contributed by atoms with E-state index in [1.807, 2.05) is 13.0 Å². The Kier molecular flexibility index (Phi) is 12.6. The lowest BCUT2D eigenvalue weighted by Gasteiger charge is -2.13. The van der Waals surface area contributed by atoms with E-state index in [1.165, 1.54) is 51.4 Å². The van der Waals surface area contributed by atoms with Crippen molar-refractivity contribution in [1.29, 1.82) is 0 Å². The van der Waals surface area contributed by atoms with Gasteiger partial charge in [-0.2, -0.15) is 0 Å². The average Bonchev–Trinajstić information content (AvgIpc) is 2.78. The van der Waals surface area contributed by atoms with Crippen LogP contribution in [-0.2, 0) is 4.74 Å². The van der Waals surface area contributed by atoms with Crippen LogP contribution in [0.15, 0.2) is 30.3 Å². The first-order valence-corrected chi connectivity index (χ1v) is 12.6. The van der Waals surface area contributed by atoms with Gasteiger partial charge in [0.15, 0.2) is 0 Å². The maximum Gasteiger partial charge on any atom is 0.338 e. The van der Waals surface area contributed by atoms with Crippen LogP contribution >= 0.6 is 23.2 Å². The molecule has 0 saturated heterocycles. The van der Waals surface area contributed by atoms with Crippen LogP contribution in [0.1, 0.15) is 88.4 Å². The molecule has 0 aliphatic carbocycles. The molecule has 0 aromatic heterocycles. The van der Waals surface area contributed by atoms with Crippen molar-refractivity contribution in [2.45, 2.75) is 78.1 Å². The zero-order valence-corrected chi connectivity index (χ0v) is 20.9. The summed E-state index contributed by atoms with van der Waals surface area (Å²) in [6, 6.07) is 11.5. The highest BCUT2D eigenvalue weighted by atomic mass is 35.5. The van der Waals surface area contributed by atoms with E-state index in [1.54, 1.807) is 24.3 Å². The van der Waals surface area contributed by atoms with Gasteiger partial charge in [-0.25, -0.2) is 4.79 Å². The lowest BCUT2D eigenvalue weighted by molar-refractivity contribution is 0.0498. The molecule has 0 bridgehead atoms. The van der Waals surface area contributed by atoms with E-state index >= 15 is 0 Å². The van der Waals surface area contributed by atoms with Crippen LogP contribution in [0.3, 0.4) is 0 Å². The highest BCUT2D eigenvalue weighted by Gasteiger charge is 2.17. The Hall–Kier alpha value is -1.71. The first kappa shape index (κ1) is 26.5. The normalized spacial score (nSPS) is 10.9. The summed E-state index contributed by atoms with van der Waals surface area (Å²) in [6.07, 6.45) is 12.4. The standard InChI is InChI=1S/C27H35Cl2O3/c1-3-5-6-7-8-9-10-11-12-13-18-32-27(30)23-16-14-21(28)19-24(23)25-20-22(31-4-2)15-17-26(25)29/h15-17,19-20H,3-13,18H2,1-2H3. The smallest absolute Gasteiger partial charge is 0.338 e. The summed E-state index contributed by atoms with van der Waals surface area (Å²) in [5, 5.41) is 0.920.